The molecule has 0 spiro atoms. The van der Waals surface area contributed by atoms with Crippen molar-refractivity contribution in [2.45, 2.75) is 51.0 Å². The molecule has 0 aromatic heterocycles. The van der Waals surface area contributed by atoms with E-state index in [-0.39, 0.29) is 0 Å². The highest BCUT2D eigenvalue weighted by atomic mass is 32.2. The molecular weight excluding hydrogens is 242 g/mol. The van der Waals surface area contributed by atoms with Crippen molar-refractivity contribution in [2.24, 2.45) is 0 Å². The first-order valence-electron chi connectivity index (χ1n) is 5.41. The number of carbonyl (C=O) groups is 2. The van der Waals surface area contributed by atoms with Crippen LogP contribution >= 0.6 is 11.8 Å². The Morgan fingerprint density at radius 2 is 1.94 bits per heavy atom. The lowest BCUT2D eigenvalue weighted by Gasteiger charge is -2.29. The number of nitrogens with zero attached hydrogens (tertiary/aromatic N) is 1. The van der Waals surface area contributed by atoms with Crippen molar-refractivity contribution < 1.29 is 19.4 Å². The van der Waals surface area contributed by atoms with Crippen LogP contribution in [0.25, 0.3) is 0 Å². The van der Waals surface area contributed by atoms with Crippen LogP contribution in [0.3, 0.4) is 0 Å². The Balaban J connectivity index is 2.85. The fourth-order valence-electron chi connectivity index (χ4n) is 1.67. The lowest BCUT2D eigenvalue weighted by molar-refractivity contribution is -0.143. The van der Waals surface area contributed by atoms with E-state index in [4.69, 9.17) is 4.74 Å². The zero-order valence-corrected chi connectivity index (χ0v) is 11.6. The minimum absolute atomic E-state index is 0.346. The van der Waals surface area contributed by atoms with Crippen LogP contribution < -0.4 is 0 Å². The summed E-state index contributed by atoms with van der Waals surface area (Å²) in [4.78, 5) is 24.4. The number of carbonyl (C=O) groups excluding carboxylic acids is 1. The molecule has 1 rings (SSSR count). The Morgan fingerprint density at radius 3 is 2.35 bits per heavy atom. The lowest BCUT2D eigenvalue weighted by atomic mass is 10.0. The first-order valence-corrected chi connectivity index (χ1v) is 6.39. The van der Waals surface area contributed by atoms with Crippen LogP contribution in [-0.2, 0) is 9.53 Å². The highest BCUT2D eigenvalue weighted by molar-refractivity contribution is 8.00. The van der Waals surface area contributed by atoms with Gasteiger partial charge in [0.1, 0.15) is 11.6 Å². The van der Waals surface area contributed by atoms with Crippen LogP contribution in [0.2, 0.25) is 0 Å². The molecule has 1 unspecified atom stereocenters. The summed E-state index contributed by atoms with van der Waals surface area (Å²) in [7, 11) is 0. The quantitative estimate of drug-likeness (QED) is 0.783. The lowest BCUT2D eigenvalue weighted by Crippen LogP contribution is -2.50. The Morgan fingerprint density at radius 1 is 1.41 bits per heavy atom. The summed E-state index contributed by atoms with van der Waals surface area (Å²) < 4.78 is 4.71. The maximum atomic E-state index is 11.9. The van der Waals surface area contributed by atoms with Crippen molar-refractivity contribution in [3.05, 3.63) is 0 Å². The number of amides is 1. The topological polar surface area (TPSA) is 66.8 Å². The smallest absolute Gasteiger partial charge is 0.411 e. The Bertz CT molecular complexity index is 335. The third kappa shape index (κ3) is 3.28. The summed E-state index contributed by atoms with van der Waals surface area (Å²) in [6.45, 7) is 8.92. The molecule has 17 heavy (non-hydrogen) atoms. The fraction of sp³-hybridized carbons (Fsp3) is 0.818. The molecule has 1 N–H and O–H groups in total. The number of ether oxygens (including phenoxy) is 1. The molecule has 0 aliphatic carbocycles. The Labute approximate surface area is 105 Å². The third-order valence-electron chi connectivity index (χ3n) is 2.41. The zero-order valence-electron chi connectivity index (χ0n) is 10.8. The van der Waals surface area contributed by atoms with Gasteiger partial charge in [-0.25, -0.2) is 9.59 Å². The molecule has 0 saturated carbocycles. The Kier molecular flexibility index (Phi) is 3.66. The summed E-state index contributed by atoms with van der Waals surface area (Å²) in [5.74, 6) is -0.648. The number of aliphatic carboxylic acids is 1. The highest BCUT2D eigenvalue weighted by Gasteiger charge is 2.49. The molecule has 1 aliphatic heterocycles. The second-order valence-electron chi connectivity index (χ2n) is 5.57. The summed E-state index contributed by atoms with van der Waals surface area (Å²) in [6.07, 6.45) is -0.567. The van der Waals surface area contributed by atoms with Crippen LogP contribution in [0.4, 0.5) is 4.79 Å². The predicted octanol–water partition coefficient (Wildman–Crippen LogP) is 2.16. The van der Waals surface area contributed by atoms with E-state index < -0.39 is 28.5 Å². The Hall–Kier alpha value is -0.910. The van der Waals surface area contributed by atoms with Gasteiger partial charge >= 0.3 is 12.1 Å². The van der Waals surface area contributed by atoms with Gasteiger partial charge in [-0.15, -0.1) is 11.8 Å². The molecule has 6 heteroatoms. The zero-order chi connectivity index (χ0) is 13.4. The molecule has 5 nitrogen and oxygen atoms in total. The monoisotopic (exact) mass is 261 g/mol. The van der Waals surface area contributed by atoms with Gasteiger partial charge in [0, 0.05) is 4.75 Å². The van der Waals surface area contributed by atoms with Gasteiger partial charge in [0.25, 0.3) is 0 Å². The van der Waals surface area contributed by atoms with Crippen molar-refractivity contribution in [3.8, 4) is 0 Å². The average molecular weight is 261 g/mol. The summed E-state index contributed by atoms with van der Waals surface area (Å²) >= 11 is 1.44. The van der Waals surface area contributed by atoms with Crippen LogP contribution in [0.5, 0.6) is 0 Å². The first-order chi connectivity index (χ1) is 7.54. The highest BCUT2D eigenvalue weighted by Crippen LogP contribution is 2.39. The van der Waals surface area contributed by atoms with E-state index in [1.807, 2.05) is 13.8 Å². The molecule has 1 atom stereocenters. The van der Waals surface area contributed by atoms with Crippen LogP contribution in [-0.4, -0.2) is 44.3 Å². The van der Waals surface area contributed by atoms with Crippen molar-refractivity contribution >= 4 is 23.8 Å². The minimum Gasteiger partial charge on any atom is -0.480 e. The largest absolute Gasteiger partial charge is 0.480 e. The first kappa shape index (κ1) is 14.2. The number of carboxylic acid groups (broad SMARTS) is 1. The van der Waals surface area contributed by atoms with Crippen LogP contribution in [0.1, 0.15) is 34.6 Å². The number of carboxylic acids is 1. The van der Waals surface area contributed by atoms with Crippen molar-refractivity contribution in [1.29, 1.82) is 0 Å². The van der Waals surface area contributed by atoms with Crippen molar-refractivity contribution in [2.75, 3.05) is 5.88 Å². The standard InChI is InChI=1S/C11H19NO4S/c1-10(2,3)16-9(15)12-6-17-11(4,5)7(12)8(13)14/h7H,6H2,1-5H3,(H,13,14). The van der Waals surface area contributed by atoms with Gasteiger partial charge in [-0.2, -0.15) is 0 Å². The van der Waals surface area contributed by atoms with Gasteiger partial charge < -0.3 is 9.84 Å². The third-order valence-corrected chi connectivity index (χ3v) is 3.78. The van der Waals surface area contributed by atoms with E-state index in [2.05, 4.69) is 0 Å². The molecule has 1 heterocycles. The van der Waals surface area contributed by atoms with E-state index in [9.17, 15) is 14.7 Å². The number of hydrogen-bond acceptors (Lipinski definition) is 4. The summed E-state index contributed by atoms with van der Waals surface area (Å²) in [6, 6.07) is -0.845. The molecule has 0 radical (unpaired) electrons. The molecular formula is C11H19NO4S. The van der Waals surface area contributed by atoms with Gasteiger partial charge in [-0.05, 0) is 34.6 Å². The number of rotatable bonds is 1. The summed E-state index contributed by atoms with van der Waals surface area (Å²) in [5, 5.41) is 9.20. The van der Waals surface area contributed by atoms with Gasteiger partial charge in [0.2, 0.25) is 0 Å². The second kappa shape index (κ2) is 4.40. The molecule has 98 valence electrons. The normalized spacial score (nSPS) is 23.6. The number of thioether (sulfide) groups is 1. The molecule has 1 aliphatic rings. The van der Waals surface area contributed by atoms with Crippen molar-refractivity contribution in [1.82, 2.24) is 4.90 Å². The van der Waals surface area contributed by atoms with E-state index in [1.54, 1.807) is 20.8 Å². The predicted molar refractivity (Wildman–Crippen MR) is 66.0 cm³/mol. The van der Waals surface area contributed by atoms with E-state index >= 15 is 0 Å². The van der Waals surface area contributed by atoms with E-state index in [1.165, 1.54) is 16.7 Å². The van der Waals surface area contributed by atoms with Crippen molar-refractivity contribution in [3.63, 3.8) is 0 Å². The van der Waals surface area contributed by atoms with Gasteiger partial charge in [-0.1, -0.05) is 0 Å². The molecule has 1 amide bonds. The fourth-order valence-corrected chi connectivity index (χ4v) is 2.79. The SMILES string of the molecule is CC(C)(C)OC(=O)N1CSC(C)(C)C1C(=O)O. The summed E-state index contributed by atoms with van der Waals surface area (Å²) in [5.41, 5.74) is -0.614. The second-order valence-corrected chi connectivity index (χ2v) is 7.17. The molecule has 0 aromatic carbocycles. The van der Waals surface area contributed by atoms with Gasteiger partial charge in [-0.3, -0.25) is 4.90 Å². The van der Waals surface area contributed by atoms with Crippen LogP contribution in [0.15, 0.2) is 0 Å². The molecule has 0 bridgehead atoms. The van der Waals surface area contributed by atoms with Crippen LogP contribution in [0, 0.1) is 0 Å². The van der Waals surface area contributed by atoms with E-state index in [0.717, 1.165) is 0 Å². The minimum atomic E-state index is -0.995. The maximum Gasteiger partial charge on any atom is 0.411 e. The van der Waals surface area contributed by atoms with Gasteiger partial charge in [0.05, 0.1) is 5.88 Å². The molecule has 1 saturated heterocycles. The van der Waals surface area contributed by atoms with Gasteiger partial charge in [0.15, 0.2) is 0 Å². The number of hydrogen-bond donors (Lipinski definition) is 1. The maximum absolute atomic E-state index is 11.9. The van der Waals surface area contributed by atoms with E-state index in [0.29, 0.717) is 5.88 Å². The average Bonchev–Trinajstić information content (AvgIpc) is 2.37. The molecule has 1 fully saturated rings. The molecule has 0 aromatic rings.